The van der Waals surface area contributed by atoms with Crippen LogP contribution in [0.15, 0.2) is 4.79 Å². The molecule has 5 N–H and O–H groups in total. The Morgan fingerprint density at radius 2 is 2.33 bits per heavy atom. The van der Waals surface area contributed by atoms with E-state index in [2.05, 4.69) is 16.6 Å². The third-order valence-electron chi connectivity index (χ3n) is 2.04. The summed E-state index contributed by atoms with van der Waals surface area (Å²) in [5.74, 6) is -0.185. The van der Waals surface area contributed by atoms with Gasteiger partial charge < -0.3 is 11.1 Å². The molecule has 1 heterocycles. The third kappa shape index (κ3) is 3.09. The highest BCUT2D eigenvalue weighted by atomic mass is 32.1. The predicted molar refractivity (Wildman–Crippen MR) is 64.0 cm³/mol. The van der Waals surface area contributed by atoms with Crippen LogP contribution in [0.1, 0.15) is 31.7 Å². The second-order valence-electron chi connectivity index (χ2n) is 3.28. The van der Waals surface area contributed by atoms with E-state index < -0.39 is 0 Å². The third-order valence-corrected chi connectivity index (χ3v) is 2.88. The Labute approximate surface area is 92.4 Å². The standard InChI is InChI=1S/C9H16N4OS/c1-2-3-4-5-12-9-6(7(10)11)8(14)13-15-9/h12H,2-5H2,1H3,(H3,10,11)(H,13,14). The zero-order chi connectivity index (χ0) is 11.3. The average molecular weight is 228 g/mol. The topological polar surface area (TPSA) is 94.8 Å². The number of hydrogen-bond donors (Lipinski definition) is 4. The van der Waals surface area contributed by atoms with Crippen molar-refractivity contribution in [2.24, 2.45) is 5.73 Å². The molecule has 0 spiro atoms. The van der Waals surface area contributed by atoms with Crippen molar-refractivity contribution < 1.29 is 0 Å². The number of amidine groups is 1. The fourth-order valence-electron chi connectivity index (χ4n) is 1.25. The maximum absolute atomic E-state index is 11.3. The van der Waals surface area contributed by atoms with Crippen molar-refractivity contribution in [3.8, 4) is 0 Å². The van der Waals surface area contributed by atoms with Crippen LogP contribution >= 0.6 is 11.5 Å². The Morgan fingerprint density at radius 1 is 1.60 bits per heavy atom. The van der Waals surface area contributed by atoms with E-state index in [9.17, 15) is 4.79 Å². The van der Waals surface area contributed by atoms with Crippen molar-refractivity contribution in [1.29, 1.82) is 5.41 Å². The maximum atomic E-state index is 11.3. The van der Waals surface area contributed by atoms with Gasteiger partial charge in [-0.2, -0.15) is 0 Å². The smallest absolute Gasteiger partial charge is 0.271 e. The molecule has 0 aliphatic rings. The summed E-state index contributed by atoms with van der Waals surface area (Å²) in [6.45, 7) is 2.94. The van der Waals surface area contributed by atoms with Crippen LogP contribution in [-0.4, -0.2) is 16.8 Å². The summed E-state index contributed by atoms with van der Waals surface area (Å²) in [7, 11) is 0. The molecular weight excluding hydrogens is 212 g/mol. The Hall–Kier alpha value is -1.30. The number of aromatic nitrogens is 1. The zero-order valence-electron chi connectivity index (χ0n) is 8.72. The van der Waals surface area contributed by atoms with Crippen molar-refractivity contribution in [2.75, 3.05) is 11.9 Å². The summed E-state index contributed by atoms with van der Waals surface area (Å²) >= 11 is 1.19. The molecule has 0 aliphatic carbocycles. The van der Waals surface area contributed by atoms with Crippen LogP contribution in [0, 0.1) is 5.41 Å². The lowest BCUT2D eigenvalue weighted by Crippen LogP contribution is -2.21. The average Bonchev–Trinajstić information content (AvgIpc) is 2.54. The number of nitrogens with two attached hydrogens (primary N) is 1. The molecule has 5 nitrogen and oxygen atoms in total. The minimum absolute atomic E-state index is 0.185. The highest BCUT2D eigenvalue weighted by molar-refractivity contribution is 7.10. The first-order valence-corrected chi connectivity index (χ1v) is 5.78. The molecule has 0 amide bonds. The van der Waals surface area contributed by atoms with Crippen molar-refractivity contribution >= 4 is 22.4 Å². The monoisotopic (exact) mass is 228 g/mol. The Balaban J connectivity index is 2.61. The lowest BCUT2D eigenvalue weighted by Gasteiger charge is -2.03. The molecule has 1 aromatic heterocycles. The van der Waals surface area contributed by atoms with E-state index in [1.54, 1.807) is 0 Å². The Bertz CT molecular complexity index is 382. The van der Waals surface area contributed by atoms with Crippen LogP contribution in [0.25, 0.3) is 0 Å². The molecule has 0 bridgehead atoms. The summed E-state index contributed by atoms with van der Waals surface area (Å²) in [4.78, 5) is 11.3. The molecule has 0 radical (unpaired) electrons. The molecule has 0 atom stereocenters. The second-order valence-corrected chi connectivity index (χ2v) is 4.10. The number of nitrogen functional groups attached to an aromatic ring is 1. The highest BCUT2D eigenvalue weighted by Gasteiger charge is 2.12. The summed E-state index contributed by atoms with van der Waals surface area (Å²) in [5.41, 5.74) is 5.29. The van der Waals surface area contributed by atoms with Crippen LogP contribution < -0.4 is 16.6 Å². The molecule has 1 rings (SSSR count). The molecule has 0 saturated heterocycles. The number of H-pyrrole nitrogens is 1. The lowest BCUT2D eigenvalue weighted by atomic mass is 10.2. The van der Waals surface area contributed by atoms with Crippen molar-refractivity contribution in [2.45, 2.75) is 26.2 Å². The summed E-state index contributed by atoms with van der Waals surface area (Å²) in [6, 6.07) is 0. The van der Waals surface area contributed by atoms with E-state index >= 15 is 0 Å². The van der Waals surface area contributed by atoms with E-state index in [4.69, 9.17) is 11.1 Å². The van der Waals surface area contributed by atoms with Crippen LogP contribution in [0.3, 0.4) is 0 Å². The molecule has 6 heteroatoms. The fraction of sp³-hybridized carbons (Fsp3) is 0.556. The van der Waals surface area contributed by atoms with E-state index in [-0.39, 0.29) is 17.0 Å². The molecule has 0 aliphatic heterocycles. The van der Waals surface area contributed by atoms with Gasteiger partial charge in [-0.25, -0.2) is 0 Å². The van der Waals surface area contributed by atoms with Gasteiger partial charge in [-0.3, -0.25) is 14.6 Å². The van der Waals surface area contributed by atoms with Gasteiger partial charge in [0, 0.05) is 6.54 Å². The van der Waals surface area contributed by atoms with Gasteiger partial charge in [0.1, 0.15) is 16.4 Å². The van der Waals surface area contributed by atoms with Crippen LogP contribution in [-0.2, 0) is 0 Å². The van der Waals surface area contributed by atoms with Gasteiger partial charge in [-0.05, 0) is 18.0 Å². The van der Waals surface area contributed by atoms with Crippen molar-refractivity contribution in [3.05, 3.63) is 15.9 Å². The molecule has 0 fully saturated rings. The number of rotatable bonds is 6. The maximum Gasteiger partial charge on any atom is 0.271 e. The minimum atomic E-state index is -0.287. The molecule has 0 unspecified atom stereocenters. The molecule has 0 saturated carbocycles. The van der Waals surface area contributed by atoms with Gasteiger partial charge in [0.25, 0.3) is 5.56 Å². The van der Waals surface area contributed by atoms with Crippen LogP contribution in [0.5, 0.6) is 0 Å². The lowest BCUT2D eigenvalue weighted by molar-refractivity contribution is 0.744. The molecule has 1 aromatic rings. The highest BCUT2D eigenvalue weighted by Crippen LogP contribution is 2.15. The first-order valence-electron chi connectivity index (χ1n) is 4.96. The van der Waals surface area contributed by atoms with Gasteiger partial charge in [-0.15, -0.1) is 0 Å². The molecule has 84 valence electrons. The summed E-state index contributed by atoms with van der Waals surface area (Å²) in [6.07, 6.45) is 3.37. The predicted octanol–water partition coefficient (Wildman–Crippen LogP) is 1.32. The van der Waals surface area contributed by atoms with E-state index in [0.717, 1.165) is 25.8 Å². The SMILES string of the molecule is CCCCCNc1s[nH]c(=O)c1C(=N)N. The quantitative estimate of drug-likeness (QED) is 0.336. The van der Waals surface area contributed by atoms with E-state index in [0.29, 0.717) is 5.00 Å². The molecule has 0 aromatic carbocycles. The number of anilines is 1. The Morgan fingerprint density at radius 3 is 2.93 bits per heavy atom. The first kappa shape index (κ1) is 11.8. The number of nitrogens with one attached hydrogen (secondary N) is 3. The Kier molecular flexibility index (Phi) is 4.36. The van der Waals surface area contributed by atoms with Crippen molar-refractivity contribution in [3.63, 3.8) is 0 Å². The second kappa shape index (κ2) is 5.55. The van der Waals surface area contributed by atoms with Crippen molar-refractivity contribution in [1.82, 2.24) is 4.37 Å². The number of aromatic amines is 1. The minimum Gasteiger partial charge on any atom is -0.383 e. The molecule has 15 heavy (non-hydrogen) atoms. The normalized spacial score (nSPS) is 10.2. The number of hydrogen-bond acceptors (Lipinski definition) is 4. The largest absolute Gasteiger partial charge is 0.383 e. The van der Waals surface area contributed by atoms with E-state index in [1.807, 2.05) is 0 Å². The van der Waals surface area contributed by atoms with Gasteiger partial charge in [0.15, 0.2) is 0 Å². The van der Waals surface area contributed by atoms with Gasteiger partial charge in [0.2, 0.25) is 0 Å². The molecular formula is C9H16N4OS. The first-order chi connectivity index (χ1) is 7.16. The van der Waals surface area contributed by atoms with Gasteiger partial charge in [-0.1, -0.05) is 19.8 Å². The van der Waals surface area contributed by atoms with E-state index in [1.165, 1.54) is 11.5 Å². The summed E-state index contributed by atoms with van der Waals surface area (Å²) in [5, 5.41) is 11.1. The van der Waals surface area contributed by atoms with Gasteiger partial charge in [0.05, 0.1) is 0 Å². The zero-order valence-corrected chi connectivity index (χ0v) is 9.54. The van der Waals surface area contributed by atoms with Crippen LogP contribution in [0.2, 0.25) is 0 Å². The summed E-state index contributed by atoms with van der Waals surface area (Å²) < 4.78 is 2.56. The fourth-order valence-corrected chi connectivity index (χ4v) is 2.02. The van der Waals surface area contributed by atoms with Crippen LogP contribution in [0.4, 0.5) is 5.00 Å². The number of unbranched alkanes of at least 4 members (excludes halogenated alkanes) is 2. The van der Waals surface area contributed by atoms with Gasteiger partial charge >= 0.3 is 0 Å².